The molecule has 0 fully saturated rings. The molecular weight excluding hydrogens is 1060 g/mol. The highest BCUT2D eigenvalue weighted by Gasteiger charge is 2.31. The highest BCUT2D eigenvalue weighted by molar-refractivity contribution is 5.61. The Kier molecular flexibility index (Phi) is 17.4. The molecule has 0 radical (unpaired) electrons. The Morgan fingerprint density at radius 1 is 0.209 bits per heavy atom. The van der Waals surface area contributed by atoms with Crippen molar-refractivity contribution >= 4 is 0 Å². The Hall–Kier alpha value is -6.86. The molecule has 1 aliphatic rings. The molecule has 0 unspecified atom stereocenters. The molecule has 0 atom stereocenters. The fraction of sp³-hybridized carbons (Fsp3) is 0.468. The maximum absolute atomic E-state index is 12.9. The van der Waals surface area contributed by atoms with E-state index in [0.29, 0.717) is 70.6 Å². The molecule has 0 saturated carbocycles. The van der Waals surface area contributed by atoms with Gasteiger partial charge in [0, 0.05) is 44.9 Å². The van der Waals surface area contributed by atoms with Crippen LogP contribution in [-0.2, 0) is 82.9 Å². The van der Waals surface area contributed by atoms with Crippen molar-refractivity contribution in [2.45, 2.75) is 228 Å². The molecule has 0 saturated heterocycles. The summed E-state index contributed by atoms with van der Waals surface area (Å²) in [4.78, 5) is 0. The molecule has 14 bridgehead atoms. The number of methoxy groups -OCH3 is 2. The fourth-order valence-electron chi connectivity index (χ4n) is 12.2. The first-order chi connectivity index (χ1) is 39.5. The smallest absolute Gasteiger partial charge is 0.125 e. The van der Waals surface area contributed by atoms with E-state index in [0.717, 1.165) is 83.5 Å². The van der Waals surface area contributed by atoms with Crippen LogP contribution < -0.4 is 9.47 Å². The van der Waals surface area contributed by atoms with Crippen LogP contribution in [0, 0.1) is 0 Å². The van der Waals surface area contributed by atoms with Crippen LogP contribution in [0.1, 0.15) is 262 Å². The zero-order valence-corrected chi connectivity index (χ0v) is 56.6. The Labute approximate surface area is 516 Å². The van der Waals surface area contributed by atoms with Gasteiger partial charge < -0.3 is 35.0 Å². The third kappa shape index (κ3) is 13.9. The number of benzene rings is 7. The largest absolute Gasteiger partial charge is 0.507 e. The maximum Gasteiger partial charge on any atom is 0.125 e. The van der Waals surface area contributed by atoms with Crippen molar-refractivity contribution in [3.8, 4) is 40.2 Å². The lowest BCUT2D eigenvalue weighted by Crippen LogP contribution is -2.16. The van der Waals surface area contributed by atoms with Crippen molar-refractivity contribution in [1.29, 1.82) is 0 Å². The third-order valence-corrected chi connectivity index (χ3v) is 18.0. The van der Waals surface area contributed by atoms with E-state index in [1.54, 1.807) is 14.2 Å². The predicted octanol–water partition coefficient (Wildman–Crippen LogP) is 18.8. The van der Waals surface area contributed by atoms with Crippen LogP contribution in [0.5, 0.6) is 40.2 Å². The predicted molar refractivity (Wildman–Crippen MR) is 357 cm³/mol. The Bertz CT molecular complexity index is 3490. The molecule has 7 aromatic carbocycles. The van der Waals surface area contributed by atoms with E-state index in [1.807, 2.05) is 0 Å². The molecule has 0 aliphatic heterocycles. The number of rotatable bonds is 2. The average molecular weight is 1160 g/mol. The quantitative estimate of drug-likeness (QED) is 0.117. The second kappa shape index (κ2) is 23.0. The number of fused-ring (bicyclic) bond motifs is 14. The van der Waals surface area contributed by atoms with E-state index < -0.39 is 0 Å². The van der Waals surface area contributed by atoms with Crippen LogP contribution >= 0.6 is 0 Å². The topological polar surface area (TPSA) is 120 Å². The Balaban J connectivity index is 1.48. The minimum atomic E-state index is -0.317. The van der Waals surface area contributed by atoms with E-state index in [2.05, 4.69) is 230 Å². The molecule has 0 heterocycles. The number of phenols is 5. The lowest BCUT2D eigenvalue weighted by atomic mass is 9.79. The second-order valence-electron chi connectivity index (χ2n) is 32.4. The van der Waals surface area contributed by atoms with E-state index in [9.17, 15) is 25.5 Å². The highest BCUT2D eigenvalue weighted by atomic mass is 16.5. The standard InChI is InChI=1S/C79H102O7/c1-73(2,3)59-31-45-24-46-32-60(74(4,5)6)34-48(67(46)81)26-50-36-62(76(10,11)12)38-52(69(50)83)28-56-42-65(79(19,20)21)44-58(72(56)86-23)30-54-40-63(77(13,14)15)39-53(70(54)84)29-57-43-64(78(16,17)18)41-55(71(57)85-22)27-51-37-61(75(7,8)9)35-49(68(51)82)25-47(33-59)66(45)80/h31-44,80-84H,24-30H2,1-23H3. The summed E-state index contributed by atoms with van der Waals surface area (Å²) >= 11 is 0. The zero-order chi connectivity index (χ0) is 63.9. The maximum atomic E-state index is 12.9. The highest BCUT2D eigenvalue weighted by Crippen LogP contribution is 2.46. The molecule has 7 nitrogen and oxygen atoms in total. The molecule has 0 amide bonds. The number of phenolic OH excluding ortho intramolecular Hbond substituents is 5. The molecule has 7 aromatic rings. The average Bonchev–Trinajstić information content (AvgIpc) is 1.38. The normalized spacial score (nSPS) is 14.1. The minimum Gasteiger partial charge on any atom is -0.507 e. The minimum absolute atomic E-state index is 0.121. The first kappa shape index (κ1) is 65.1. The van der Waals surface area contributed by atoms with Crippen LogP contribution in [0.25, 0.3) is 0 Å². The molecule has 86 heavy (non-hydrogen) atoms. The van der Waals surface area contributed by atoms with Gasteiger partial charge in [0.05, 0.1) is 14.2 Å². The lowest BCUT2D eigenvalue weighted by molar-refractivity contribution is 0.403. The first-order valence-electron chi connectivity index (χ1n) is 31.1. The van der Waals surface area contributed by atoms with Crippen LogP contribution in [-0.4, -0.2) is 39.8 Å². The Morgan fingerprint density at radius 2 is 0.314 bits per heavy atom. The Morgan fingerprint density at radius 3 is 0.419 bits per heavy atom. The first-order valence-corrected chi connectivity index (χ1v) is 31.1. The second-order valence-corrected chi connectivity index (χ2v) is 32.4. The summed E-state index contributed by atoms with van der Waals surface area (Å²) in [5.74, 6) is 2.17. The van der Waals surface area contributed by atoms with Gasteiger partial charge in [-0.25, -0.2) is 0 Å². The van der Waals surface area contributed by atoms with Gasteiger partial charge in [-0.1, -0.05) is 230 Å². The molecule has 5 N–H and O–H groups in total. The van der Waals surface area contributed by atoms with Gasteiger partial charge in [0.2, 0.25) is 0 Å². The van der Waals surface area contributed by atoms with Gasteiger partial charge in [-0.15, -0.1) is 0 Å². The van der Waals surface area contributed by atoms with Crippen LogP contribution in [0.4, 0.5) is 0 Å². The van der Waals surface area contributed by atoms with Crippen LogP contribution in [0.15, 0.2) is 84.9 Å². The molecule has 1 aliphatic carbocycles. The fourth-order valence-corrected chi connectivity index (χ4v) is 12.2. The van der Waals surface area contributed by atoms with Crippen LogP contribution in [0.2, 0.25) is 0 Å². The van der Waals surface area contributed by atoms with Gasteiger partial charge in [-0.2, -0.15) is 0 Å². The van der Waals surface area contributed by atoms with Gasteiger partial charge in [0.1, 0.15) is 40.2 Å². The zero-order valence-electron chi connectivity index (χ0n) is 56.6. The summed E-state index contributed by atoms with van der Waals surface area (Å²) in [6.07, 6.45) is 2.21. The number of hydrogen-bond donors (Lipinski definition) is 5. The van der Waals surface area contributed by atoms with Crippen molar-refractivity contribution in [1.82, 2.24) is 0 Å². The van der Waals surface area contributed by atoms with Gasteiger partial charge in [-0.05, 0) is 155 Å². The van der Waals surface area contributed by atoms with Crippen molar-refractivity contribution in [2.75, 3.05) is 14.2 Å². The monoisotopic (exact) mass is 1160 g/mol. The molecule has 460 valence electrons. The molecule has 7 heteroatoms. The summed E-state index contributed by atoms with van der Waals surface area (Å²) in [6.45, 7) is 46.0. The van der Waals surface area contributed by atoms with Gasteiger partial charge in [0.25, 0.3) is 0 Å². The van der Waals surface area contributed by atoms with E-state index in [1.165, 1.54) is 0 Å². The number of ether oxygens (including phenoxy) is 2. The SMILES string of the molecule is COc1c2cc(C(C)(C)C)cc1Cc1cc(C(C)(C)C)cc(c1O)Cc1cc(C(C)(C)C)cc(c1OC)Cc1cc(C(C)(C)C)cc(c1O)Cc1cc(C(C)(C)C)cc(c1O)Cc1cc(C(C)(C)C)cc(c1O)Cc1cc(C(C)(C)C)cc(c1O)C2. The summed E-state index contributed by atoms with van der Waals surface area (Å²) in [7, 11) is 3.42. The summed E-state index contributed by atoms with van der Waals surface area (Å²) in [6, 6.07) is 29.9. The van der Waals surface area contributed by atoms with Gasteiger partial charge >= 0.3 is 0 Å². The van der Waals surface area contributed by atoms with Crippen LogP contribution in [0.3, 0.4) is 0 Å². The van der Waals surface area contributed by atoms with E-state index in [-0.39, 0.29) is 85.9 Å². The van der Waals surface area contributed by atoms with Crippen molar-refractivity contribution in [3.05, 3.63) is 202 Å². The summed E-state index contributed by atoms with van der Waals surface area (Å²) < 4.78 is 13.0. The molecule has 0 spiro atoms. The summed E-state index contributed by atoms with van der Waals surface area (Å²) in [5.41, 5.74) is 16.2. The number of hydrogen-bond acceptors (Lipinski definition) is 7. The summed E-state index contributed by atoms with van der Waals surface area (Å²) in [5, 5.41) is 63.9. The lowest BCUT2D eigenvalue weighted by Gasteiger charge is -2.27. The molecule has 0 aromatic heterocycles. The third-order valence-electron chi connectivity index (χ3n) is 18.0. The van der Waals surface area contributed by atoms with Crippen molar-refractivity contribution < 1.29 is 35.0 Å². The van der Waals surface area contributed by atoms with Gasteiger partial charge in [0.15, 0.2) is 0 Å². The van der Waals surface area contributed by atoms with E-state index >= 15 is 0 Å². The van der Waals surface area contributed by atoms with Crippen molar-refractivity contribution in [2.24, 2.45) is 0 Å². The number of aromatic hydroxyl groups is 5. The molecular formula is C79H102O7. The molecule has 8 rings (SSSR count). The van der Waals surface area contributed by atoms with E-state index in [4.69, 9.17) is 9.47 Å². The van der Waals surface area contributed by atoms with Crippen molar-refractivity contribution in [3.63, 3.8) is 0 Å². The van der Waals surface area contributed by atoms with Gasteiger partial charge in [-0.3, -0.25) is 0 Å².